The van der Waals surface area contributed by atoms with Gasteiger partial charge in [0.05, 0.1) is 11.4 Å². The maximum absolute atomic E-state index is 12.5. The highest BCUT2D eigenvalue weighted by Gasteiger charge is 2.02. The number of anilines is 2. The second kappa shape index (κ2) is 7.57. The maximum Gasteiger partial charge on any atom is 0.237 e. The smallest absolute Gasteiger partial charge is 0.237 e. The first-order chi connectivity index (χ1) is 12.5. The Hall–Kier alpha value is -3.54. The van der Waals surface area contributed by atoms with Crippen LogP contribution in [0.1, 0.15) is 11.1 Å². The molecule has 0 spiro atoms. The Morgan fingerprint density at radius 1 is 0.808 bits per heavy atom. The molecule has 0 unspecified atom stereocenters. The Bertz CT molecular complexity index is 1140. The van der Waals surface area contributed by atoms with Crippen LogP contribution in [-0.4, -0.2) is 0 Å². The van der Waals surface area contributed by atoms with Crippen molar-refractivity contribution in [3.63, 3.8) is 0 Å². The van der Waals surface area contributed by atoms with Crippen molar-refractivity contribution in [3.8, 4) is 0 Å². The predicted molar refractivity (Wildman–Crippen MR) is 102 cm³/mol. The highest BCUT2D eigenvalue weighted by atomic mass is 16.1. The molecule has 3 rings (SSSR count). The molecule has 0 bridgehead atoms. The van der Waals surface area contributed by atoms with Gasteiger partial charge in [0.2, 0.25) is 10.9 Å². The summed E-state index contributed by atoms with van der Waals surface area (Å²) in [4.78, 5) is 24.5. The van der Waals surface area contributed by atoms with Crippen LogP contribution in [0.25, 0.3) is 0 Å². The number of hydrogen-bond acceptors (Lipinski definition) is 6. The van der Waals surface area contributed by atoms with Gasteiger partial charge in [0.1, 0.15) is 5.36 Å². The highest BCUT2D eigenvalue weighted by molar-refractivity contribution is 5.51. The fourth-order valence-electron chi connectivity index (χ4n) is 2.43. The third-order valence-electron chi connectivity index (χ3n) is 3.82. The normalized spacial score (nSPS) is 12.2. The zero-order chi connectivity index (χ0) is 18.5. The van der Waals surface area contributed by atoms with Crippen molar-refractivity contribution in [2.45, 2.75) is 13.8 Å². The molecule has 0 aliphatic heterocycles. The van der Waals surface area contributed by atoms with Gasteiger partial charge in [-0.3, -0.25) is 20.4 Å². The highest BCUT2D eigenvalue weighted by Crippen LogP contribution is 2.15. The van der Waals surface area contributed by atoms with Crippen LogP contribution in [0.15, 0.2) is 80.5 Å². The molecule has 26 heavy (non-hydrogen) atoms. The maximum atomic E-state index is 12.5. The summed E-state index contributed by atoms with van der Waals surface area (Å²) >= 11 is 0. The lowest BCUT2D eigenvalue weighted by Crippen LogP contribution is -2.48. The lowest BCUT2D eigenvalue weighted by atomic mass is 10.1. The molecule has 6 heteroatoms. The summed E-state index contributed by atoms with van der Waals surface area (Å²) in [7, 11) is 0. The van der Waals surface area contributed by atoms with E-state index in [2.05, 4.69) is 21.1 Å². The number of nitrogens with zero attached hydrogens (tertiary/aromatic N) is 2. The van der Waals surface area contributed by atoms with Crippen molar-refractivity contribution < 1.29 is 0 Å². The molecule has 0 radical (unpaired) electrons. The molecule has 3 aromatic rings. The quantitative estimate of drug-likeness (QED) is 0.705. The third-order valence-corrected chi connectivity index (χ3v) is 3.82. The summed E-state index contributed by atoms with van der Waals surface area (Å²) in [5.74, 6) is 0. The molecule has 0 heterocycles. The average molecular weight is 346 g/mol. The van der Waals surface area contributed by atoms with E-state index < -0.39 is 10.9 Å². The van der Waals surface area contributed by atoms with Crippen molar-refractivity contribution >= 4 is 11.4 Å². The van der Waals surface area contributed by atoms with Crippen molar-refractivity contribution in [2.75, 3.05) is 10.9 Å². The summed E-state index contributed by atoms with van der Waals surface area (Å²) in [6, 6.07) is 17.7. The van der Waals surface area contributed by atoms with Crippen LogP contribution in [0.4, 0.5) is 11.4 Å². The van der Waals surface area contributed by atoms with Gasteiger partial charge < -0.3 is 0 Å². The second-order valence-electron chi connectivity index (χ2n) is 5.89. The van der Waals surface area contributed by atoms with E-state index in [1.807, 2.05) is 62.4 Å². The van der Waals surface area contributed by atoms with Gasteiger partial charge >= 0.3 is 0 Å². The van der Waals surface area contributed by atoms with Gasteiger partial charge in [-0.2, -0.15) is 10.2 Å². The SMILES string of the molecule is Cc1ccc(NN=c2c(=O)ccc(=NNc3ccccc3)c2=O)c(C)c1. The second-order valence-corrected chi connectivity index (χ2v) is 5.89. The number of aryl methyl sites for hydroxylation is 2. The third kappa shape index (κ3) is 3.92. The standard InChI is InChI=1S/C20H18N4O2/c1-13-8-9-16(14(2)12-13)22-24-19-18(25)11-10-17(20(19)26)23-21-15-6-4-3-5-7-15/h3-12,21-22H,1-2H3. The van der Waals surface area contributed by atoms with Crippen LogP contribution < -0.4 is 32.4 Å². The minimum Gasteiger partial charge on any atom is -0.287 e. The molecule has 0 saturated carbocycles. The molecule has 0 saturated heterocycles. The Morgan fingerprint density at radius 2 is 1.58 bits per heavy atom. The molecule has 2 N–H and O–H groups in total. The summed E-state index contributed by atoms with van der Waals surface area (Å²) in [6.45, 7) is 3.92. The van der Waals surface area contributed by atoms with Crippen LogP contribution in [-0.2, 0) is 0 Å². The molecule has 3 aromatic carbocycles. The van der Waals surface area contributed by atoms with Crippen LogP contribution in [0.3, 0.4) is 0 Å². The van der Waals surface area contributed by atoms with E-state index in [0.717, 1.165) is 22.5 Å². The Kier molecular flexibility index (Phi) is 5.03. The summed E-state index contributed by atoms with van der Waals surface area (Å²) in [6.07, 6.45) is 0. The molecule has 0 aliphatic carbocycles. The number of para-hydroxylation sites is 1. The molecule has 0 aliphatic rings. The number of nitrogens with one attached hydrogen (secondary N) is 2. The monoisotopic (exact) mass is 346 g/mol. The van der Waals surface area contributed by atoms with Gasteiger partial charge in [-0.1, -0.05) is 35.9 Å². The average Bonchev–Trinajstić information content (AvgIpc) is 2.63. The van der Waals surface area contributed by atoms with Crippen LogP contribution in [0.2, 0.25) is 0 Å². The lowest BCUT2D eigenvalue weighted by Gasteiger charge is -2.05. The molecule has 0 amide bonds. The number of rotatable bonds is 4. The summed E-state index contributed by atoms with van der Waals surface area (Å²) in [5, 5.41) is 8.02. The summed E-state index contributed by atoms with van der Waals surface area (Å²) in [5.41, 5.74) is 8.19. The molecule has 6 nitrogen and oxygen atoms in total. The van der Waals surface area contributed by atoms with E-state index in [9.17, 15) is 9.59 Å². The van der Waals surface area contributed by atoms with Gasteiger partial charge in [0.25, 0.3) is 0 Å². The first-order valence-electron chi connectivity index (χ1n) is 8.11. The molecule has 130 valence electrons. The lowest BCUT2D eigenvalue weighted by molar-refractivity contribution is 1.10. The van der Waals surface area contributed by atoms with Crippen molar-refractivity contribution in [1.82, 2.24) is 0 Å². The minimum atomic E-state index is -0.529. The van der Waals surface area contributed by atoms with Crippen LogP contribution in [0.5, 0.6) is 0 Å². The van der Waals surface area contributed by atoms with E-state index in [1.54, 1.807) is 0 Å². The Morgan fingerprint density at radius 3 is 2.31 bits per heavy atom. The van der Waals surface area contributed by atoms with Gasteiger partial charge in [-0.05, 0) is 49.7 Å². The zero-order valence-corrected chi connectivity index (χ0v) is 14.5. The van der Waals surface area contributed by atoms with E-state index in [0.29, 0.717) is 0 Å². The largest absolute Gasteiger partial charge is 0.287 e. The first-order valence-corrected chi connectivity index (χ1v) is 8.11. The topological polar surface area (TPSA) is 82.9 Å². The van der Waals surface area contributed by atoms with Crippen LogP contribution in [0, 0.1) is 13.8 Å². The van der Waals surface area contributed by atoms with Crippen molar-refractivity contribution in [2.24, 2.45) is 10.2 Å². The first kappa shape index (κ1) is 17.3. The van der Waals surface area contributed by atoms with E-state index in [-0.39, 0.29) is 10.7 Å². The zero-order valence-electron chi connectivity index (χ0n) is 14.5. The summed E-state index contributed by atoms with van der Waals surface area (Å²) < 4.78 is 0. The Balaban J connectivity index is 1.97. The molecule has 0 aromatic heterocycles. The fourth-order valence-corrected chi connectivity index (χ4v) is 2.43. The van der Waals surface area contributed by atoms with E-state index in [4.69, 9.17) is 0 Å². The van der Waals surface area contributed by atoms with Gasteiger partial charge in [0, 0.05) is 0 Å². The molecule has 0 fully saturated rings. The number of benzene rings is 3. The molecule has 0 atom stereocenters. The number of hydrogen-bond donors (Lipinski definition) is 2. The Labute approximate surface area is 149 Å². The van der Waals surface area contributed by atoms with Crippen LogP contribution >= 0.6 is 0 Å². The molecular formula is C20H18N4O2. The van der Waals surface area contributed by atoms with Gasteiger partial charge in [0.15, 0.2) is 5.36 Å². The minimum absolute atomic E-state index is 0.120. The molecular weight excluding hydrogens is 328 g/mol. The van der Waals surface area contributed by atoms with E-state index >= 15 is 0 Å². The van der Waals surface area contributed by atoms with Gasteiger partial charge in [-0.25, -0.2) is 0 Å². The predicted octanol–water partition coefficient (Wildman–Crippen LogP) is 1.76. The van der Waals surface area contributed by atoms with Crippen molar-refractivity contribution in [1.29, 1.82) is 0 Å². The van der Waals surface area contributed by atoms with E-state index in [1.165, 1.54) is 12.1 Å². The van der Waals surface area contributed by atoms with Gasteiger partial charge in [-0.15, -0.1) is 0 Å². The van der Waals surface area contributed by atoms with Crippen molar-refractivity contribution in [3.05, 3.63) is 103 Å². The fraction of sp³-hybridized carbons (Fsp3) is 0.100.